The number of hydrogen-bond acceptors (Lipinski definition) is 6. The quantitative estimate of drug-likeness (QED) is 0.622. The SMILES string of the molecule is CCOC(=O)c1nnc(SCc2ccc(Cl)cc2F)o1. The van der Waals surface area contributed by atoms with E-state index in [-0.39, 0.29) is 23.5 Å². The monoisotopic (exact) mass is 316 g/mol. The highest BCUT2D eigenvalue weighted by Crippen LogP contribution is 2.24. The van der Waals surface area contributed by atoms with Crippen molar-refractivity contribution in [2.45, 2.75) is 17.9 Å². The minimum atomic E-state index is -0.676. The van der Waals surface area contributed by atoms with Crippen LogP contribution in [0.5, 0.6) is 0 Å². The summed E-state index contributed by atoms with van der Waals surface area (Å²) in [6.45, 7) is 1.90. The third-order valence-electron chi connectivity index (χ3n) is 2.22. The topological polar surface area (TPSA) is 65.2 Å². The summed E-state index contributed by atoms with van der Waals surface area (Å²) in [5.74, 6) is -1.02. The third kappa shape index (κ3) is 3.71. The van der Waals surface area contributed by atoms with E-state index in [0.717, 1.165) is 11.8 Å². The molecule has 5 nitrogen and oxygen atoms in total. The zero-order chi connectivity index (χ0) is 14.5. The molecule has 0 fully saturated rings. The Hall–Kier alpha value is -1.60. The van der Waals surface area contributed by atoms with Gasteiger partial charge in [0.1, 0.15) is 5.82 Å². The molecule has 0 aliphatic carbocycles. The summed E-state index contributed by atoms with van der Waals surface area (Å²) >= 11 is 6.78. The lowest BCUT2D eigenvalue weighted by Crippen LogP contribution is -2.04. The van der Waals surface area contributed by atoms with Crippen LogP contribution in [0.1, 0.15) is 23.2 Å². The number of thioether (sulfide) groups is 1. The first-order valence-corrected chi connectivity index (χ1v) is 7.04. The highest BCUT2D eigenvalue weighted by atomic mass is 35.5. The van der Waals surface area contributed by atoms with Crippen molar-refractivity contribution < 1.29 is 18.3 Å². The Kier molecular flexibility index (Phi) is 4.97. The van der Waals surface area contributed by atoms with Crippen LogP contribution < -0.4 is 0 Å². The third-order valence-corrected chi connectivity index (χ3v) is 3.33. The van der Waals surface area contributed by atoms with Crippen LogP contribution in [0.15, 0.2) is 27.8 Å². The maximum absolute atomic E-state index is 13.5. The van der Waals surface area contributed by atoms with Crippen LogP contribution in [0, 0.1) is 5.82 Å². The summed E-state index contributed by atoms with van der Waals surface area (Å²) in [7, 11) is 0. The van der Waals surface area contributed by atoms with Gasteiger partial charge < -0.3 is 9.15 Å². The highest BCUT2D eigenvalue weighted by molar-refractivity contribution is 7.98. The van der Waals surface area contributed by atoms with Gasteiger partial charge in [-0.3, -0.25) is 0 Å². The van der Waals surface area contributed by atoms with Gasteiger partial charge in [-0.2, -0.15) is 0 Å². The number of aromatic nitrogens is 2. The lowest BCUT2D eigenvalue weighted by molar-refractivity contribution is 0.0475. The number of halogens is 2. The van der Waals surface area contributed by atoms with Crippen LogP contribution >= 0.6 is 23.4 Å². The van der Waals surface area contributed by atoms with Crippen LogP contribution in [0.25, 0.3) is 0 Å². The second-order valence-corrected chi connectivity index (χ2v) is 4.98. The molecule has 1 heterocycles. The minimum Gasteiger partial charge on any atom is -0.459 e. The molecule has 0 aliphatic rings. The van der Waals surface area contributed by atoms with E-state index in [4.69, 9.17) is 20.8 Å². The number of rotatable bonds is 5. The number of ether oxygens (including phenoxy) is 1. The fourth-order valence-corrected chi connectivity index (χ4v) is 2.23. The zero-order valence-corrected chi connectivity index (χ0v) is 12.0. The standard InChI is InChI=1S/C12H10ClFN2O3S/c1-2-18-11(17)10-15-16-12(19-10)20-6-7-3-4-8(13)5-9(7)14/h3-5H,2,6H2,1H3. The first-order chi connectivity index (χ1) is 9.60. The number of benzene rings is 1. The van der Waals surface area contributed by atoms with Crippen LogP contribution in [-0.4, -0.2) is 22.8 Å². The summed E-state index contributed by atoms with van der Waals surface area (Å²) in [5.41, 5.74) is 0.454. The summed E-state index contributed by atoms with van der Waals surface area (Å²) in [4.78, 5) is 11.3. The Labute approximate surface area is 123 Å². The van der Waals surface area contributed by atoms with Crippen LogP contribution in [-0.2, 0) is 10.5 Å². The number of hydrogen-bond donors (Lipinski definition) is 0. The fourth-order valence-electron chi connectivity index (χ4n) is 1.32. The summed E-state index contributed by atoms with van der Waals surface area (Å²) in [5, 5.41) is 7.74. The second kappa shape index (κ2) is 6.71. The van der Waals surface area contributed by atoms with Gasteiger partial charge in [-0.15, -0.1) is 5.10 Å². The van der Waals surface area contributed by atoms with Crippen molar-refractivity contribution >= 4 is 29.3 Å². The maximum Gasteiger partial charge on any atom is 0.396 e. The first kappa shape index (κ1) is 14.8. The molecule has 1 aromatic carbocycles. The van der Waals surface area contributed by atoms with Gasteiger partial charge in [-0.05, 0) is 24.6 Å². The van der Waals surface area contributed by atoms with E-state index in [1.165, 1.54) is 6.07 Å². The zero-order valence-electron chi connectivity index (χ0n) is 10.4. The van der Waals surface area contributed by atoms with E-state index in [2.05, 4.69) is 10.2 Å². The molecule has 0 spiro atoms. The predicted molar refractivity (Wildman–Crippen MR) is 71.2 cm³/mol. The average molecular weight is 317 g/mol. The maximum atomic E-state index is 13.5. The number of nitrogens with zero attached hydrogens (tertiary/aromatic N) is 2. The highest BCUT2D eigenvalue weighted by Gasteiger charge is 2.16. The van der Waals surface area contributed by atoms with Crippen molar-refractivity contribution in [2.75, 3.05) is 6.61 Å². The molecule has 0 saturated heterocycles. The van der Waals surface area contributed by atoms with E-state index in [1.54, 1.807) is 19.1 Å². The molecule has 2 aromatic rings. The Bertz CT molecular complexity index is 620. The number of carbonyl (C=O) groups is 1. The molecule has 0 atom stereocenters. The van der Waals surface area contributed by atoms with Crippen LogP contribution in [0.4, 0.5) is 4.39 Å². The predicted octanol–water partition coefficient (Wildman–Crippen LogP) is 3.33. The van der Waals surface area contributed by atoms with Crippen LogP contribution in [0.3, 0.4) is 0 Å². The smallest absolute Gasteiger partial charge is 0.396 e. The number of carbonyl (C=O) groups excluding carboxylic acids is 1. The van der Waals surface area contributed by atoms with Gasteiger partial charge in [-0.1, -0.05) is 34.5 Å². The molecule has 20 heavy (non-hydrogen) atoms. The van der Waals surface area contributed by atoms with Crippen LogP contribution in [0.2, 0.25) is 5.02 Å². The first-order valence-electron chi connectivity index (χ1n) is 5.67. The Morgan fingerprint density at radius 1 is 1.50 bits per heavy atom. The molecule has 106 valence electrons. The Balaban J connectivity index is 1.99. The molecular weight excluding hydrogens is 307 g/mol. The Morgan fingerprint density at radius 3 is 3.00 bits per heavy atom. The molecule has 0 unspecified atom stereocenters. The van der Waals surface area contributed by atoms with E-state index >= 15 is 0 Å². The molecule has 1 aromatic heterocycles. The molecule has 0 bridgehead atoms. The van der Waals surface area contributed by atoms with Gasteiger partial charge >= 0.3 is 11.9 Å². The largest absolute Gasteiger partial charge is 0.459 e. The van der Waals surface area contributed by atoms with Crippen molar-refractivity contribution in [1.82, 2.24) is 10.2 Å². The van der Waals surface area contributed by atoms with E-state index in [1.807, 2.05) is 0 Å². The Morgan fingerprint density at radius 2 is 2.30 bits per heavy atom. The van der Waals surface area contributed by atoms with Gasteiger partial charge in [0.05, 0.1) is 6.61 Å². The van der Waals surface area contributed by atoms with Gasteiger partial charge in [0, 0.05) is 10.8 Å². The lowest BCUT2D eigenvalue weighted by Gasteiger charge is -2.00. The van der Waals surface area contributed by atoms with Gasteiger partial charge in [-0.25, -0.2) is 9.18 Å². The van der Waals surface area contributed by atoms with Crippen molar-refractivity contribution in [3.63, 3.8) is 0 Å². The molecule has 0 saturated carbocycles. The fraction of sp³-hybridized carbons (Fsp3) is 0.250. The number of esters is 1. The van der Waals surface area contributed by atoms with E-state index < -0.39 is 11.8 Å². The summed E-state index contributed by atoms with van der Waals surface area (Å²) < 4.78 is 23.4. The molecule has 2 rings (SSSR count). The molecule has 0 N–H and O–H groups in total. The van der Waals surface area contributed by atoms with Crippen molar-refractivity contribution in [1.29, 1.82) is 0 Å². The van der Waals surface area contributed by atoms with E-state index in [0.29, 0.717) is 10.6 Å². The molecule has 0 aliphatic heterocycles. The molecule has 0 radical (unpaired) electrons. The lowest BCUT2D eigenvalue weighted by atomic mass is 10.2. The van der Waals surface area contributed by atoms with Gasteiger partial charge in [0.2, 0.25) is 0 Å². The molecule has 0 amide bonds. The van der Waals surface area contributed by atoms with Crippen molar-refractivity contribution in [3.05, 3.63) is 40.5 Å². The van der Waals surface area contributed by atoms with Crippen molar-refractivity contribution in [3.8, 4) is 0 Å². The van der Waals surface area contributed by atoms with Gasteiger partial charge in [0.15, 0.2) is 0 Å². The molecular formula is C12H10ClFN2O3S. The van der Waals surface area contributed by atoms with E-state index in [9.17, 15) is 9.18 Å². The second-order valence-electron chi connectivity index (χ2n) is 3.62. The molecule has 8 heteroatoms. The minimum absolute atomic E-state index is 0.169. The summed E-state index contributed by atoms with van der Waals surface area (Å²) in [6, 6.07) is 4.40. The summed E-state index contributed by atoms with van der Waals surface area (Å²) in [6.07, 6.45) is 0. The normalized spacial score (nSPS) is 10.6. The van der Waals surface area contributed by atoms with Crippen molar-refractivity contribution in [2.24, 2.45) is 0 Å². The average Bonchev–Trinajstić information content (AvgIpc) is 2.87. The van der Waals surface area contributed by atoms with Gasteiger partial charge in [0.25, 0.3) is 5.22 Å².